The Labute approximate surface area is 112 Å². The van der Waals surface area contributed by atoms with E-state index in [0.717, 1.165) is 0 Å². The van der Waals surface area contributed by atoms with Crippen molar-refractivity contribution in [1.82, 2.24) is 9.97 Å². The molecule has 0 aliphatic carbocycles. The van der Waals surface area contributed by atoms with Gasteiger partial charge < -0.3 is 0 Å². The molecule has 86 valence electrons. The van der Waals surface area contributed by atoms with Gasteiger partial charge in [0.15, 0.2) is 12.1 Å². The number of rotatable bonds is 2. The third kappa shape index (κ3) is 2.57. The molecule has 1 aromatic heterocycles. The van der Waals surface area contributed by atoms with Gasteiger partial charge >= 0.3 is 0 Å². The zero-order valence-electron chi connectivity index (χ0n) is 8.32. The molecule has 0 saturated heterocycles. The molecule has 6 heteroatoms. The van der Waals surface area contributed by atoms with Crippen LogP contribution in [0.15, 0.2) is 24.5 Å². The van der Waals surface area contributed by atoms with Gasteiger partial charge in [0.25, 0.3) is 0 Å². The van der Waals surface area contributed by atoms with Gasteiger partial charge in [0.05, 0.1) is 20.6 Å². The van der Waals surface area contributed by atoms with Crippen LogP contribution in [-0.4, -0.2) is 16.3 Å². The number of aldehydes is 1. The summed E-state index contributed by atoms with van der Waals surface area (Å²) >= 11 is 17.7. The maximum atomic E-state index is 10.5. The Hall–Kier alpha value is -1.16. The zero-order chi connectivity index (χ0) is 12.4. The van der Waals surface area contributed by atoms with Crippen LogP contribution in [0.5, 0.6) is 0 Å². The zero-order valence-corrected chi connectivity index (χ0v) is 10.6. The summed E-state index contributed by atoms with van der Waals surface area (Å²) in [7, 11) is 0. The van der Waals surface area contributed by atoms with Gasteiger partial charge in [0.1, 0.15) is 0 Å². The normalized spacial score (nSPS) is 10.3. The van der Waals surface area contributed by atoms with Crippen molar-refractivity contribution in [1.29, 1.82) is 0 Å². The molecule has 0 unspecified atom stereocenters. The maximum absolute atomic E-state index is 10.5. The van der Waals surface area contributed by atoms with Crippen molar-refractivity contribution in [3.63, 3.8) is 0 Å². The minimum absolute atomic E-state index is 0.366. The second-order valence-electron chi connectivity index (χ2n) is 3.20. The molecule has 0 fully saturated rings. The third-order valence-corrected chi connectivity index (χ3v) is 3.09. The molecule has 0 amide bonds. The van der Waals surface area contributed by atoms with Crippen molar-refractivity contribution in [3.8, 4) is 11.4 Å². The summed E-state index contributed by atoms with van der Waals surface area (Å²) < 4.78 is 0. The fraction of sp³-hybridized carbons (Fsp3) is 0. The van der Waals surface area contributed by atoms with Crippen LogP contribution in [-0.2, 0) is 0 Å². The lowest BCUT2D eigenvalue weighted by Crippen LogP contribution is -1.92. The first-order valence-electron chi connectivity index (χ1n) is 4.54. The fourth-order valence-corrected chi connectivity index (χ4v) is 1.86. The van der Waals surface area contributed by atoms with E-state index in [4.69, 9.17) is 34.8 Å². The Balaban J connectivity index is 2.52. The van der Waals surface area contributed by atoms with E-state index in [1.165, 1.54) is 18.5 Å². The van der Waals surface area contributed by atoms with Crippen LogP contribution >= 0.6 is 34.8 Å². The second kappa shape index (κ2) is 5.00. The van der Waals surface area contributed by atoms with Gasteiger partial charge in [-0.3, -0.25) is 4.79 Å². The smallest absolute Gasteiger partial charge is 0.160 e. The summed E-state index contributed by atoms with van der Waals surface area (Å²) in [5.74, 6) is 0.388. The minimum Gasteiger partial charge on any atom is -0.298 e. The first-order valence-corrected chi connectivity index (χ1v) is 5.67. The van der Waals surface area contributed by atoms with Gasteiger partial charge in [-0.15, -0.1) is 0 Å². The second-order valence-corrected chi connectivity index (χ2v) is 4.43. The monoisotopic (exact) mass is 286 g/mol. The first-order chi connectivity index (χ1) is 8.11. The summed E-state index contributed by atoms with van der Waals surface area (Å²) in [5, 5.41) is 1.14. The van der Waals surface area contributed by atoms with Gasteiger partial charge in [-0.05, 0) is 12.1 Å². The largest absolute Gasteiger partial charge is 0.298 e. The number of nitrogens with zero attached hydrogens (tertiary/aromatic N) is 2. The number of carbonyl (C=O) groups is 1. The van der Waals surface area contributed by atoms with E-state index in [1.54, 1.807) is 6.07 Å². The maximum Gasteiger partial charge on any atom is 0.160 e. The van der Waals surface area contributed by atoms with Crippen LogP contribution in [0.25, 0.3) is 11.4 Å². The highest BCUT2D eigenvalue weighted by Crippen LogP contribution is 2.33. The van der Waals surface area contributed by atoms with E-state index >= 15 is 0 Å². The minimum atomic E-state index is 0.366. The van der Waals surface area contributed by atoms with Gasteiger partial charge in [-0.25, -0.2) is 9.97 Å². The number of halogens is 3. The quantitative estimate of drug-likeness (QED) is 0.621. The SMILES string of the molecule is O=Cc1cnc(-c2cc(Cl)c(Cl)cc2Cl)nc1. The Morgan fingerprint density at radius 2 is 1.53 bits per heavy atom. The lowest BCUT2D eigenvalue weighted by atomic mass is 10.2. The van der Waals surface area contributed by atoms with E-state index in [-0.39, 0.29) is 0 Å². The van der Waals surface area contributed by atoms with E-state index in [0.29, 0.717) is 38.3 Å². The van der Waals surface area contributed by atoms with Crippen molar-refractivity contribution in [2.24, 2.45) is 0 Å². The van der Waals surface area contributed by atoms with Crippen LogP contribution in [0, 0.1) is 0 Å². The Bertz CT molecular complexity index is 570. The fourth-order valence-electron chi connectivity index (χ4n) is 1.23. The van der Waals surface area contributed by atoms with E-state index < -0.39 is 0 Å². The van der Waals surface area contributed by atoms with Crippen LogP contribution < -0.4 is 0 Å². The number of hydrogen-bond acceptors (Lipinski definition) is 3. The third-order valence-electron chi connectivity index (χ3n) is 2.06. The molecule has 3 nitrogen and oxygen atoms in total. The number of carbonyl (C=O) groups excluding carboxylic acids is 1. The molecule has 0 bridgehead atoms. The van der Waals surface area contributed by atoms with E-state index in [9.17, 15) is 4.79 Å². The summed E-state index contributed by atoms with van der Waals surface area (Å²) in [5.41, 5.74) is 0.962. The Morgan fingerprint density at radius 3 is 2.12 bits per heavy atom. The van der Waals surface area contributed by atoms with Crippen molar-refractivity contribution >= 4 is 41.1 Å². The number of benzene rings is 1. The highest BCUT2D eigenvalue weighted by molar-refractivity contribution is 6.44. The molecule has 0 aliphatic heterocycles. The summed E-state index contributed by atoms with van der Waals surface area (Å²) in [6.45, 7) is 0. The molecular weight excluding hydrogens is 282 g/mol. The molecule has 0 atom stereocenters. The Kier molecular flexibility index (Phi) is 3.62. The van der Waals surface area contributed by atoms with Crippen LogP contribution in [0.4, 0.5) is 0 Å². The van der Waals surface area contributed by atoms with Crippen LogP contribution in [0.1, 0.15) is 10.4 Å². The standard InChI is InChI=1S/C11H5Cl3N2O/c12-8-2-10(14)9(13)1-7(8)11-15-3-6(5-17)4-16-11/h1-5H. The van der Waals surface area contributed by atoms with Crippen molar-refractivity contribution < 1.29 is 4.79 Å². The molecule has 1 aromatic carbocycles. The van der Waals surface area contributed by atoms with Crippen molar-refractivity contribution in [3.05, 3.63) is 45.2 Å². The number of aromatic nitrogens is 2. The van der Waals surface area contributed by atoms with Crippen LogP contribution in [0.2, 0.25) is 15.1 Å². The summed E-state index contributed by atoms with van der Waals surface area (Å²) in [6, 6.07) is 3.11. The summed E-state index contributed by atoms with van der Waals surface area (Å²) in [4.78, 5) is 18.5. The van der Waals surface area contributed by atoms with E-state index in [1.807, 2.05) is 0 Å². The lowest BCUT2D eigenvalue weighted by molar-refractivity contribution is 0.112. The van der Waals surface area contributed by atoms with Gasteiger partial charge in [-0.1, -0.05) is 34.8 Å². The van der Waals surface area contributed by atoms with Crippen molar-refractivity contribution in [2.45, 2.75) is 0 Å². The number of hydrogen-bond donors (Lipinski definition) is 0. The molecular formula is C11H5Cl3N2O. The average molecular weight is 288 g/mol. The van der Waals surface area contributed by atoms with Crippen LogP contribution in [0.3, 0.4) is 0 Å². The van der Waals surface area contributed by atoms with Crippen molar-refractivity contribution in [2.75, 3.05) is 0 Å². The molecule has 0 saturated carbocycles. The van der Waals surface area contributed by atoms with Gasteiger partial charge in [0.2, 0.25) is 0 Å². The summed E-state index contributed by atoms with van der Waals surface area (Å²) in [6.07, 6.45) is 3.49. The highest BCUT2D eigenvalue weighted by atomic mass is 35.5. The average Bonchev–Trinajstić information content (AvgIpc) is 2.34. The van der Waals surface area contributed by atoms with Gasteiger partial charge in [0, 0.05) is 18.0 Å². The molecule has 0 aliphatic rings. The molecule has 2 aromatic rings. The molecule has 1 heterocycles. The predicted octanol–water partition coefficient (Wildman–Crippen LogP) is 3.92. The molecule has 17 heavy (non-hydrogen) atoms. The highest BCUT2D eigenvalue weighted by Gasteiger charge is 2.10. The topological polar surface area (TPSA) is 42.9 Å². The molecule has 0 N–H and O–H groups in total. The predicted molar refractivity (Wildman–Crippen MR) is 67.9 cm³/mol. The molecule has 2 rings (SSSR count). The molecule has 0 radical (unpaired) electrons. The first kappa shape index (κ1) is 12.3. The van der Waals surface area contributed by atoms with E-state index in [2.05, 4.69) is 9.97 Å². The lowest BCUT2D eigenvalue weighted by Gasteiger charge is -2.04. The molecule has 0 spiro atoms. The Morgan fingerprint density at radius 1 is 0.941 bits per heavy atom. The van der Waals surface area contributed by atoms with Gasteiger partial charge in [-0.2, -0.15) is 0 Å².